The summed E-state index contributed by atoms with van der Waals surface area (Å²) >= 11 is 0. The van der Waals surface area contributed by atoms with E-state index in [4.69, 9.17) is 0 Å². The molecule has 0 aliphatic carbocycles. The van der Waals surface area contributed by atoms with Gasteiger partial charge >= 0.3 is 0 Å². The Kier molecular flexibility index (Phi) is 4.44. The van der Waals surface area contributed by atoms with Crippen molar-refractivity contribution in [3.8, 4) is 0 Å². The number of hydrogen-bond acceptors (Lipinski definition) is 1. The monoisotopic (exact) mass is 207 g/mol. The number of rotatable bonds is 0. The Balaban J connectivity index is 2.37. The lowest BCUT2D eigenvalue weighted by atomic mass is 10.4. The molecule has 0 aromatic heterocycles. The van der Waals surface area contributed by atoms with Gasteiger partial charge in [-0.05, 0) is 38.3 Å². The highest BCUT2D eigenvalue weighted by atomic mass is 31.2. The van der Waals surface area contributed by atoms with Crippen LogP contribution in [0.15, 0.2) is 0 Å². The summed E-state index contributed by atoms with van der Waals surface area (Å²) in [5.41, 5.74) is 0. The zero-order valence-corrected chi connectivity index (χ0v) is 10.1. The van der Waals surface area contributed by atoms with Crippen LogP contribution in [0.25, 0.3) is 0 Å². The Morgan fingerprint density at radius 1 is 1.08 bits per heavy atom. The van der Waals surface area contributed by atoms with Crippen LogP contribution < -0.4 is 0 Å². The van der Waals surface area contributed by atoms with E-state index in [1.54, 1.807) is 0 Å². The molecule has 1 aliphatic rings. The van der Waals surface area contributed by atoms with E-state index < -0.39 is 7.49 Å². The molecule has 1 fully saturated rings. The highest BCUT2D eigenvalue weighted by Crippen LogP contribution is 2.53. The van der Waals surface area contributed by atoms with Gasteiger partial charge in [0.05, 0.1) is 19.0 Å². The smallest absolute Gasteiger partial charge is 0.139 e. The Hall–Kier alpha value is 0.820. The van der Waals surface area contributed by atoms with E-state index in [1.165, 1.54) is 31.6 Å². The first-order valence-corrected chi connectivity index (χ1v) is 9.58. The van der Waals surface area contributed by atoms with Gasteiger partial charge in [0.2, 0.25) is 0 Å². The van der Waals surface area contributed by atoms with Gasteiger partial charge in [0.25, 0.3) is 0 Å². The molecule has 0 radical (unpaired) electrons. The van der Waals surface area contributed by atoms with Crippen LogP contribution >= 0.6 is 15.4 Å². The summed E-state index contributed by atoms with van der Waals surface area (Å²) in [7, 11) is -1.14. The molecule has 0 bridgehead atoms. The minimum atomic E-state index is -1.45. The molecule has 0 saturated carbocycles. The highest BCUT2D eigenvalue weighted by Gasteiger charge is 2.28. The summed E-state index contributed by atoms with van der Waals surface area (Å²) < 4.78 is 0. The van der Waals surface area contributed by atoms with Gasteiger partial charge in [-0.2, -0.15) is 0 Å². The third kappa shape index (κ3) is 4.17. The molecule has 0 aromatic carbocycles. The molecule has 1 rings (SSSR count). The lowest BCUT2D eigenvalue weighted by molar-refractivity contribution is 0.598. The number of hydrogen-bond donors (Lipinski definition) is 1. The third-order valence-corrected chi connectivity index (χ3v) is 7.33. The van der Waals surface area contributed by atoms with E-state index in [9.17, 15) is 4.89 Å². The second-order valence-electron chi connectivity index (χ2n) is 4.15. The highest BCUT2D eigenvalue weighted by molar-refractivity contribution is 7.69. The molecule has 1 heterocycles. The van der Waals surface area contributed by atoms with Gasteiger partial charge in [-0.3, -0.25) is 4.89 Å². The van der Waals surface area contributed by atoms with Crippen LogP contribution in [0, 0.1) is 0 Å². The van der Waals surface area contributed by atoms with Crippen LogP contribution in [0.4, 0.5) is 0 Å². The van der Waals surface area contributed by atoms with E-state index in [2.05, 4.69) is 13.3 Å². The van der Waals surface area contributed by atoms with Crippen LogP contribution in [0.2, 0.25) is 0 Å². The molecule has 0 spiro atoms. The molecular formula is C9H21OP2+. The molecule has 3 heteroatoms. The minimum absolute atomic E-state index is 0.313. The van der Waals surface area contributed by atoms with Crippen LogP contribution in [0.5, 0.6) is 0 Å². The van der Waals surface area contributed by atoms with Crippen molar-refractivity contribution < 1.29 is 4.89 Å². The van der Waals surface area contributed by atoms with Crippen LogP contribution in [-0.2, 0) is 0 Å². The molecule has 0 amide bonds. The topological polar surface area (TPSA) is 20.2 Å². The predicted molar refractivity (Wildman–Crippen MR) is 61.2 cm³/mol. The summed E-state index contributed by atoms with van der Waals surface area (Å²) in [6.07, 6.45) is 8.99. The third-order valence-electron chi connectivity index (χ3n) is 2.61. The second-order valence-corrected chi connectivity index (χ2v) is 10.3. The molecule has 1 N–H and O–H groups in total. The zero-order chi connectivity index (χ0) is 9.03. The van der Waals surface area contributed by atoms with E-state index >= 15 is 0 Å². The molecule has 2 atom stereocenters. The van der Waals surface area contributed by atoms with Crippen molar-refractivity contribution >= 4 is 15.4 Å². The van der Waals surface area contributed by atoms with Gasteiger partial charge in [-0.1, -0.05) is 0 Å². The largest absolute Gasteiger partial charge is 0.252 e. The second kappa shape index (κ2) is 4.89. The molecule has 0 aromatic rings. The average Bonchev–Trinajstić information content (AvgIpc) is 2.02. The maximum atomic E-state index is 10.0. The van der Waals surface area contributed by atoms with Crippen molar-refractivity contribution in [1.29, 1.82) is 0 Å². The van der Waals surface area contributed by atoms with Crippen LogP contribution in [0.1, 0.15) is 19.3 Å². The maximum Gasteiger partial charge on any atom is 0.139 e. The lowest BCUT2D eigenvalue weighted by Gasteiger charge is -2.13. The van der Waals surface area contributed by atoms with Crippen molar-refractivity contribution in [2.24, 2.45) is 0 Å². The van der Waals surface area contributed by atoms with Crippen molar-refractivity contribution in [1.82, 2.24) is 0 Å². The van der Waals surface area contributed by atoms with E-state index in [-0.39, 0.29) is 0 Å². The Morgan fingerprint density at radius 2 is 1.67 bits per heavy atom. The summed E-state index contributed by atoms with van der Waals surface area (Å²) in [5, 5.41) is 0. The quantitative estimate of drug-likeness (QED) is 0.605. The van der Waals surface area contributed by atoms with Crippen molar-refractivity contribution in [2.75, 3.05) is 38.0 Å². The van der Waals surface area contributed by atoms with E-state index in [0.29, 0.717) is 7.92 Å². The van der Waals surface area contributed by atoms with Gasteiger partial charge in [0.1, 0.15) is 7.49 Å². The fourth-order valence-corrected chi connectivity index (χ4v) is 5.64. The summed E-state index contributed by atoms with van der Waals surface area (Å²) in [4.78, 5) is 10.0. The molecule has 12 heavy (non-hydrogen) atoms. The maximum absolute atomic E-state index is 10.0. The molecule has 1 saturated heterocycles. The van der Waals surface area contributed by atoms with Gasteiger partial charge < -0.3 is 0 Å². The molecule has 1 aliphatic heterocycles. The fraction of sp³-hybridized carbons (Fsp3) is 1.00. The van der Waals surface area contributed by atoms with E-state index in [1.807, 2.05) is 0 Å². The van der Waals surface area contributed by atoms with Crippen LogP contribution in [-0.4, -0.2) is 42.9 Å². The van der Waals surface area contributed by atoms with Crippen molar-refractivity contribution in [2.45, 2.75) is 19.3 Å². The van der Waals surface area contributed by atoms with Gasteiger partial charge in [-0.25, -0.2) is 0 Å². The van der Waals surface area contributed by atoms with E-state index in [0.717, 1.165) is 12.3 Å². The summed E-state index contributed by atoms with van der Waals surface area (Å²) in [6.45, 7) is 4.52. The predicted octanol–water partition coefficient (Wildman–Crippen LogP) is 2.84. The zero-order valence-electron chi connectivity index (χ0n) is 8.29. The normalized spacial score (nSPS) is 39.8. The van der Waals surface area contributed by atoms with Gasteiger partial charge in [0, 0.05) is 0 Å². The first-order valence-electron chi connectivity index (χ1n) is 4.86. The lowest BCUT2D eigenvalue weighted by Crippen LogP contribution is -2.01. The SMILES string of the molecule is CP1CCCC[P+](C)(O)CCC1. The Bertz CT molecular complexity index is 136. The molecule has 1 nitrogen and oxygen atoms in total. The first-order chi connectivity index (χ1) is 5.60. The minimum Gasteiger partial charge on any atom is -0.252 e. The summed E-state index contributed by atoms with van der Waals surface area (Å²) in [6, 6.07) is 0. The summed E-state index contributed by atoms with van der Waals surface area (Å²) in [5.74, 6) is 0. The van der Waals surface area contributed by atoms with Crippen molar-refractivity contribution in [3.63, 3.8) is 0 Å². The first kappa shape index (κ1) is 10.9. The molecule has 2 unspecified atom stereocenters. The molecule has 72 valence electrons. The average molecular weight is 207 g/mol. The Morgan fingerprint density at radius 3 is 2.42 bits per heavy atom. The Labute approximate surface area is 78.1 Å². The van der Waals surface area contributed by atoms with Crippen molar-refractivity contribution in [3.05, 3.63) is 0 Å². The molecular weight excluding hydrogens is 186 g/mol. The standard InChI is InChI=1S/C9H21OP2/c1-11-6-3-4-8-12(2,10)9-5-7-11/h10H,3-9H2,1-2H3/q+1. The van der Waals surface area contributed by atoms with Gasteiger partial charge in [0.15, 0.2) is 0 Å². The fourth-order valence-electron chi connectivity index (χ4n) is 1.74. The van der Waals surface area contributed by atoms with Crippen LogP contribution in [0.3, 0.4) is 0 Å². The van der Waals surface area contributed by atoms with Gasteiger partial charge in [-0.15, -0.1) is 7.92 Å².